The number of thiazole rings is 1. The lowest BCUT2D eigenvalue weighted by Gasteiger charge is -2.04. The van der Waals surface area contributed by atoms with E-state index in [4.69, 9.17) is 21.2 Å². The molecule has 0 saturated heterocycles. The summed E-state index contributed by atoms with van der Waals surface area (Å²) in [6, 6.07) is 5.49. The van der Waals surface area contributed by atoms with Gasteiger partial charge in [0.05, 0.1) is 4.92 Å². The largest absolute Gasteiger partial charge is 0.458 e. The van der Waals surface area contributed by atoms with E-state index >= 15 is 0 Å². The lowest BCUT2D eigenvalue weighted by atomic mass is 10.2. The summed E-state index contributed by atoms with van der Waals surface area (Å²) in [5, 5.41) is 18.2. The summed E-state index contributed by atoms with van der Waals surface area (Å²) in [7, 11) is 0. The first kappa shape index (κ1) is 21.9. The van der Waals surface area contributed by atoms with Crippen molar-refractivity contribution in [1.29, 1.82) is 0 Å². The zero-order chi connectivity index (χ0) is 21.2. The molecule has 0 saturated carbocycles. The molecule has 13 heteroatoms. The molecule has 2 aromatic rings. The number of hydrogen-bond acceptors (Lipinski definition) is 10. The van der Waals surface area contributed by atoms with Crippen molar-refractivity contribution >= 4 is 57.6 Å². The van der Waals surface area contributed by atoms with Crippen LogP contribution in [0.15, 0.2) is 34.8 Å². The number of carbonyl (C=O) groups excluding carboxylic acids is 3. The average Bonchev–Trinajstić information content (AvgIpc) is 3.17. The number of nitro groups is 1. The highest BCUT2D eigenvalue weighted by Crippen LogP contribution is 2.16. The number of amides is 1. The first-order chi connectivity index (χ1) is 13.9. The second kappa shape index (κ2) is 10.8. The van der Waals surface area contributed by atoms with Crippen molar-refractivity contribution < 1.29 is 28.9 Å². The van der Waals surface area contributed by atoms with Gasteiger partial charge >= 0.3 is 5.97 Å². The van der Waals surface area contributed by atoms with Crippen LogP contribution in [0, 0.1) is 10.1 Å². The quantitative estimate of drug-likeness (QED) is 0.147. The van der Waals surface area contributed by atoms with Crippen LogP contribution in [-0.2, 0) is 30.6 Å². The number of oxime groups is 1. The van der Waals surface area contributed by atoms with E-state index in [0.29, 0.717) is 11.8 Å². The van der Waals surface area contributed by atoms with Gasteiger partial charge in [-0.05, 0) is 17.7 Å². The fourth-order valence-corrected chi connectivity index (χ4v) is 2.59. The number of nitrogens with one attached hydrogen (secondary N) is 1. The Morgan fingerprint density at radius 2 is 2.07 bits per heavy atom. The number of aromatic nitrogens is 1. The smallest absolute Gasteiger partial charge is 0.347 e. The van der Waals surface area contributed by atoms with Gasteiger partial charge in [0, 0.05) is 17.5 Å². The topological polar surface area (TPSA) is 150 Å². The molecule has 0 aliphatic carbocycles. The fraction of sp³-hybridized carbons (Fsp3) is 0.188. The van der Waals surface area contributed by atoms with Crippen LogP contribution in [0.1, 0.15) is 11.3 Å². The minimum atomic E-state index is -0.759. The molecule has 0 radical (unpaired) electrons. The van der Waals surface area contributed by atoms with Gasteiger partial charge in [0.1, 0.15) is 18.2 Å². The number of ether oxygens (including phenoxy) is 1. The average molecular weight is 441 g/mol. The molecule has 1 aromatic carbocycles. The van der Waals surface area contributed by atoms with E-state index in [-0.39, 0.29) is 34.7 Å². The molecule has 0 bridgehead atoms. The number of nitro benzene ring substituents is 1. The molecular formula is C16H13ClN4O7S. The summed E-state index contributed by atoms with van der Waals surface area (Å²) in [4.78, 5) is 52.8. The minimum absolute atomic E-state index is 0.0773. The van der Waals surface area contributed by atoms with Crippen LogP contribution in [0.5, 0.6) is 0 Å². The molecule has 1 N–H and O–H groups in total. The van der Waals surface area contributed by atoms with Crippen LogP contribution in [0.3, 0.4) is 0 Å². The van der Waals surface area contributed by atoms with Gasteiger partial charge in [-0.1, -0.05) is 5.16 Å². The Morgan fingerprint density at radius 1 is 1.34 bits per heavy atom. The molecule has 152 valence electrons. The zero-order valence-electron chi connectivity index (χ0n) is 14.6. The maximum Gasteiger partial charge on any atom is 0.347 e. The van der Waals surface area contributed by atoms with Gasteiger partial charge in [-0.25, -0.2) is 9.78 Å². The van der Waals surface area contributed by atoms with E-state index < -0.39 is 23.4 Å². The number of rotatable bonds is 10. The van der Waals surface area contributed by atoms with Gasteiger partial charge in [0.2, 0.25) is 12.5 Å². The summed E-state index contributed by atoms with van der Waals surface area (Å²) in [5.74, 6) is -1.45. The van der Waals surface area contributed by atoms with Crippen molar-refractivity contribution in [2.45, 2.75) is 6.61 Å². The molecule has 2 rings (SSSR count). The monoisotopic (exact) mass is 440 g/mol. The molecule has 11 nitrogen and oxygen atoms in total. The number of carbonyl (C=O) groups is 3. The lowest BCUT2D eigenvalue weighted by Crippen LogP contribution is -2.13. The molecule has 0 atom stereocenters. The molecule has 1 amide bonds. The number of benzene rings is 1. The van der Waals surface area contributed by atoms with Gasteiger partial charge in [-0.2, -0.15) is 0 Å². The van der Waals surface area contributed by atoms with E-state index in [1.54, 1.807) is 0 Å². The summed E-state index contributed by atoms with van der Waals surface area (Å²) in [6.07, 6.45) is 0.379. The van der Waals surface area contributed by atoms with Crippen LogP contribution in [0.2, 0.25) is 0 Å². The van der Waals surface area contributed by atoms with Gasteiger partial charge in [-0.15, -0.1) is 22.9 Å². The highest BCUT2D eigenvalue weighted by Gasteiger charge is 2.12. The lowest BCUT2D eigenvalue weighted by molar-refractivity contribution is -0.384. The van der Waals surface area contributed by atoms with Crippen LogP contribution in [0.25, 0.3) is 0 Å². The molecule has 0 fully saturated rings. The third kappa shape index (κ3) is 6.93. The third-order valence-corrected chi connectivity index (χ3v) is 4.14. The number of non-ortho nitro benzene ring substituents is 1. The summed E-state index contributed by atoms with van der Waals surface area (Å²) < 4.78 is 4.94. The molecule has 0 aliphatic rings. The van der Waals surface area contributed by atoms with Crippen LogP contribution < -0.4 is 5.32 Å². The van der Waals surface area contributed by atoms with Crippen molar-refractivity contribution in [2.24, 2.45) is 5.16 Å². The van der Waals surface area contributed by atoms with Gasteiger partial charge < -0.3 is 14.9 Å². The number of alkyl halides is 1. The normalized spacial score (nSPS) is 10.9. The number of esters is 1. The van der Waals surface area contributed by atoms with E-state index in [2.05, 4.69) is 15.5 Å². The maximum absolute atomic E-state index is 11.7. The molecule has 0 aliphatic heterocycles. The predicted molar refractivity (Wildman–Crippen MR) is 103 cm³/mol. The summed E-state index contributed by atoms with van der Waals surface area (Å²) in [6.45, 7) is -0.676. The Kier molecular flexibility index (Phi) is 8.18. The minimum Gasteiger partial charge on any atom is -0.458 e. The Labute approximate surface area is 172 Å². The highest BCUT2D eigenvalue weighted by molar-refractivity contribution is 7.14. The first-order valence-electron chi connectivity index (χ1n) is 7.78. The number of nitrogens with zero attached hydrogens (tertiary/aromatic N) is 3. The van der Waals surface area contributed by atoms with E-state index in [0.717, 1.165) is 11.3 Å². The molecule has 0 unspecified atom stereocenters. The van der Waals surface area contributed by atoms with Gasteiger partial charge in [0.25, 0.3) is 5.69 Å². The number of hydrogen-bond donors (Lipinski definition) is 1. The van der Waals surface area contributed by atoms with E-state index in [1.807, 2.05) is 0 Å². The Morgan fingerprint density at radius 3 is 2.69 bits per heavy atom. The third-order valence-electron chi connectivity index (χ3n) is 3.14. The number of aldehydes is 1. The first-order valence-corrected chi connectivity index (χ1v) is 9.20. The summed E-state index contributed by atoms with van der Waals surface area (Å²) >= 11 is 6.43. The second-order valence-corrected chi connectivity index (χ2v) is 6.30. The van der Waals surface area contributed by atoms with Crippen LogP contribution in [-0.4, -0.2) is 46.3 Å². The number of anilines is 1. The van der Waals surface area contributed by atoms with Crippen molar-refractivity contribution in [3.05, 3.63) is 51.0 Å². The SMILES string of the molecule is O=C/C(=N\OCC(=O)OCc1ccc([N+](=O)[O-])cc1)c1csc(NC(=O)CCl)n1. The molecule has 29 heavy (non-hydrogen) atoms. The van der Waals surface area contributed by atoms with Crippen molar-refractivity contribution in [3.63, 3.8) is 0 Å². The van der Waals surface area contributed by atoms with Gasteiger partial charge in [0.15, 0.2) is 17.1 Å². The molecule has 0 spiro atoms. The van der Waals surface area contributed by atoms with Crippen molar-refractivity contribution in [1.82, 2.24) is 4.98 Å². The molecule has 1 aromatic heterocycles. The second-order valence-electron chi connectivity index (χ2n) is 5.17. The van der Waals surface area contributed by atoms with Crippen molar-refractivity contribution in [2.75, 3.05) is 17.8 Å². The van der Waals surface area contributed by atoms with Crippen LogP contribution in [0.4, 0.5) is 10.8 Å². The predicted octanol–water partition coefficient (Wildman–Crippen LogP) is 1.89. The van der Waals surface area contributed by atoms with Crippen LogP contribution >= 0.6 is 22.9 Å². The summed E-state index contributed by atoms with van der Waals surface area (Å²) in [5.41, 5.74) is 0.437. The Balaban J connectivity index is 1.83. The Hall–Kier alpha value is -3.38. The maximum atomic E-state index is 11.7. The Bertz CT molecular complexity index is 930. The molecule has 1 heterocycles. The van der Waals surface area contributed by atoms with Crippen molar-refractivity contribution in [3.8, 4) is 0 Å². The number of halogens is 1. The van der Waals surface area contributed by atoms with Gasteiger partial charge in [-0.3, -0.25) is 19.7 Å². The fourth-order valence-electron chi connectivity index (χ4n) is 1.80. The van der Waals surface area contributed by atoms with E-state index in [1.165, 1.54) is 29.6 Å². The standard InChI is InChI=1S/C16H13ClN4O7S/c17-5-14(23)19-16-18-13(9-29-16)12(6-22)20-28-8-15(24)27-7-10-1-3-11(4-2-10)21(25)26/h1-4,6,9H,5,7-8H2,(H,18,19,23)/b20-12+. The zero-order valence-corrected chi connectivity index (χ0v) is 16.1. The molecular weight excluding hydrogens is 428 g/mol. The highest BCUT2D eigenvalue weighted by atomic mass is 35.5. The van der Waals surface area contributed by atoms with E-state index in [9.17, 15) is 24.5 Å².